The maximum atomic E-state index is 12.1. The van der Waals surface area contributed by atoms with Crippen molar-refractivity contribution in [3.05, 3.63) is 58.7 Å². The van der Waals surface area contributed by atoms with Crippen molar-refractivity contribution in [3.8, 4) is 11.5 Å². The molecule has 4 heteroatoms. The van der Waals surface area contributed by atoms with E-state index < -0.39 is 0 Å². The van der Waals surface area contributed by atoms with Gasteiger partial charge in [-0.3, -0.25) is 4.79 Å². The Labute approximate surface area is 143 Å². The third kappa shape index (κ3) is 4.51. The molecule has 0 spiro atoms. The van der Waals surface area contributed by atoms with Crippen molar-refractivity contribution >= 4 is 5.91 Å². The zero-order chi connectivity index (χ0) is 17.7. The quantitative estimate of drug-likeness (QED) is 0.876. The number of ether oxygens (including phenoxy) is 2. The van der Waals surface area contributed by atoms with Gasteiger partial charge in [0.15, 0.2) is 6.61 Å². The minimum atomic E-state index is -0.142. The fourth-order valence-electron chi connectivity index (χ4n) is 2.55. The minimum absolute atomic E-state index is 0.00419. The third-order valence-corrected chi connectivity index (χ3v) is 4.12. The van der Waals surface area contributed by atoms with E-state index in [2.05, 4.69) is 11.4 Å². The Kier molecular flexibility index (Phi) is 5.85. The zero-order valence-electron chi connectivity index (χ0n) is 15.0. The molecule has 2 rings (SSSR count). The van der Waals surface area contributed by atoms with Crippen LogP contribution in [0.25, 0.3) is 0 Å². The number of aryl methyl sites for hydroxylation is 2. The molecule has 1 atom stereocenters. The van der Waals surface area contributed by atoms with Gasteiger partial charge in [0.05, 0.1) is 13.2 Å². The molecule has 24 heavy (non-hydrogen) atoms. The van der Waals surface area contributed by atoms with Gasteiger partial charge >= 0.3 is 0 Å². The van der Waals surface area contributed by atoms with Gasteiger partial charge in [0.25, 0.3) is 5.91 Å². The Balaban J connectivity index is 1.93. The predicted molar refractivity (Wildman–Crippen MR) is 95.7 cm³/mol. The van der Waals surface area contributed by atoms with Crippen LogP contribution in [0.2, 0.25) is 0 Å². The van der Waals surface area contributed by atoms with Gasteiger partial charge in [0.1, 0.15) is 11.5 Å². The summed E-state index contributed by atoms with van der Waals surface area (Å²) in [5.41, 5.74) is 4.38. The Hall–Kier alpha value is -2.49. The van der Waals surface area contributed by atoms with E-state index >= 15 is 0 Å². The molecule has 2 aromatic carbocycles. The second-order valence-electron chi connectivity index (χ2n) is 6.06. The molecule has 128 valence electrons. The molecule has 4 nitrogen and oxygen atoms in total. The standard InChI is InChI=1S/C20H25NO3/c1-13-10-14(2)15(3)19(11-13)24-12-20(22)21-16(4)17-6-8-18(23-5)9-7-17/h6-11,16H,12H2,1-5H3,(H,21,22)/t16-/m1/s1. The number of amides is 1. The van der Waals surface area contributed by atoms with Crippen LogP contribution >= 0.6 is 0 Å². The smallest absolute Gasteiger partial charge is 0.258 e. The summed E-state index contributed by atoms with van der Waals surface area (Å²) < 4.78 is 10.8. The van der Waals surface area contributed by atoms with Gasteiger partial charge < -0.3 is 14.8 Å². The number of benzene rings is 2. The summed E-state index contributed by atoms with van der Waals surface area (Å²) in [5.74, 6) is 1.42. The molecule has 0 unspecified atom stereocenters. The van der Waals surface area contributed by atoms with E-state index in [0.717, 1.165) is 33.8 Å². The van der Waals surface area contributed by atoms with Gasteiger partial charge in [-0.15, -0.1) is 0 Å². The average Bonchev–Trinajstić information content (AvgIpc) is 2.56. The SMILES string of the molecule is COc1ccc([C@@H](C)NC(=O)COc2cc(C)cc(C)c2C)cc1. The molecule has 0 saturated carbocycles. The predicted octanol–water partition coefficient (Wildman–Crippen LogP) is 3.88. The monoisotopic (exact) mass is 327 g/mol. The van der Waals surface area contributed by atoms with Crippen LogP contribution in [0.1, 0.15) is 35.2 Å². The maximum absolute atomic E-state index is 12.1. The van der Waals surface area contributed by atoms with Crippen LogP contribution in [0.4, 0.5) is 0 Å². The number of rotatable bonds is 6. The highest BCUT2D eigenvalue weighted by molar-refractivity contribution is 5.78. The first-order valence-corrected chi connectivity index (χ1v) is 8.04. The second-order valence-corrected chi connectivity index (χ2v) is 6.06. The number of methoxy groups -OCH3 is 1. The van der Waals surface area contributed by atoms with Crippen LogP contribution in [0, 0.1) is 20.8 Å². The molecule has 2 aromatic rings. The Morgan fingerprint density at radius 2 is 1.79 bits per heavy atom. The van der Waals surface area contributed by atoms with Crippen LogP contribution in [0.15, 0.2) is 36.4 Å². The lowest BCUT2D eigenvalue weighted by Crippen LogP contribution is -2.31. The average molecular weight is 327 g/mol. The van der Waals surface area contributed by atoms with Crippen molar-refractivity contribution in [2.75, 3.05) is 13.7 Å². The molecule has 0 bridgehead atoms. The molecular formula is C20H25NO3. The van der Waals surface area contributed by atoms with Crippen molar-refractivity contribution < 1.29 is 14.3 Å². The molecule has 0 heterocycles. The van der Waals surface area contributed by atoms with E-state index in [4.69, 9.17) is 9.47 Å². The fourth-order valence-corrected chi connectivity index (χ4v) is 2.55. The lowest BCUT2D eigenvalue weighted by Gasteiger charge is -2.16. The molecule has 0 aliphatic carbocycles. The van der Waals surface area contributed by atoms with Gasteiger partial charge in [0, 0.05) is 0 Å². The lowest BCUT2D eigenvalue weighted by atomic mass is 10.1. The molecule has 1 N–H and O–H groups in total. The highest BCUT2D eigenvalue weighted by Crippen LogP contribution is 2.23. The van der Waals surface area contributed by atoms with Crippen LogP contribution < -0.4 is 14.8 Å². The molecular weight excluding hydrogens is 302 g/mol. The summed E-state index contributed by atoms with van der Waals surface area (Å²) in [6, 6.07) is 11.6. The summed E-state index contributed by atoms with van der Waals surface area (Å²) in [6.45, 7) is 8.01. The van der Waals surface area contributed by atoms with Crippen molar-refractivity contribution in [3.63, 3.8) is 0 Å². The van der Waals surface area contributed by atoms with E-state index in [-0.39, 0.29) is 18.6 Å². The Morgan fingerprint density at radius 1 is 1.12 bits per heavy atom. The number of carbonyl (C=O) groups is 1. The first-order valence-electron chi connectivity index (χ1n) is 8.04. The van der Waals surface area contributed by atoms with Gasteiger partial charge in [-0.2, -0.15) is 0 Å². The normalized spacial score (nSPS) is 11.7. The molecule has 0 aliphatic heterocycles. The summed E-state index contributed by atoms with van der Waals surface area (Å²) in [7, 11) is 1.63. The highest BCUT2D eigenvalue weighted by Gasteiger charge is 2.11. The molecule has 0 radical (unpaired) electrons. The van der Waals surface area contributed by atoms with Crippen LogP contribution in [-0.4, -0.2) is 19.6 Å². The van der Waals surface area contributed by atoms with E-state index in [9.17, 15) is 4.79 Å². The van der Waals surface area contributed by atoms with Crippen molar-refractivity contribution in [1.29, 1.82) is 0 Å². The van der Waals surface area contributed by atoms with Crippen LogP contribution in [0.3, 0.4) is 0 Å². The fraction of sp³-hybridized carbons (Fsp3) is 0.350. The Morgan fingerprint density at radius 3 is 2.42 bits per heavy atom. The summed E-state index contributed by atoms with van der Waals surface area (Å²) in [5, 5.41) is 2.95. The Bertz CT molecular complexity index is 708. The van der Waals surface area contributed by atoms with Crippen molar-refractivity contribution in [2.24, 2.45) is 0 Å². The van der Waals surface area contributed by atoms with E-state index in [1.165, 1.54) is 0 Å². The summed E-state index contributed by atoms with van der Waals surface area (Å²) >= 11 is 0. The first kappa shape index (κ1) is 17.9. The largest absolute Gasteiger partial charge is 0.497 e. The van der Waals surface area contributed by atoms with E-state index in [1.807, 2.05) is 58.0 Å². The minimum Gasteiger partial charge on any atom is -0.497 e. The third-order valence-electron chi connectivity index (χ3n) is 4.12. The van der Waals surface area contributed by atoms with Gasteiger partial charge in [0.2, 0.25) is 0 Å². The van der Waals surface area contributed by atoms with Gasteiger partial charge in [-0.05, 0) is 68.1 Å². The van der Waals surface area contributed by atoms with Gasteiger partial charge in [-0.1, -0.05) is 18.2 Å². The molecule has 0 fully saturated rings. The first-order chi connectivity index (χ1) is 11.4. The number of hydrogen-bond donors (Lipinski definition) is 1. The van der Waals surface area contributed by atoms with Crippen molar-refractivity contribution in [2.45, 2.75) is 33.7 Å². The molecule has 0 aromatic heterocycles. The molecule has 0 saturated heterocycles. The summed E-state index contributed by atoms with van der Waals surface area (Å²) in [4.78, 5) is 12.1. The van der Waals surface area contributed by atoms with E-state index in [0.29, 0.717) is 0 Å². The van der Waals surface area contributed by atoms with Gasteiger partial charge in [-0.25, -0.2) is 0 Å². The molecule has 1 amide bonds. The van der Waals surface area contributed by atoms with Crippen LogP contribution in [0.5, 0.6) is 11.5 Å². The highest BCUT2D eigenvalue weighted by atomic mass is 16.5. The number of carbonyl (C=O) groups excluding carboxylic acids is 1. The van der Waals surface area contributed by atoms with Crippen LogP contribution in [-0.2, 0) is 4.79 Å². The molecule has 0 aliphatic rings. The maximum Gasteiger partial charge on any atom is 0.258 e. The lowest BCUT2D eigenvalue weighted by molar-refractivity contribution is -0.123. The topological polar surface area (TPSA) is 47.6 Å². The second kappa shape index (κ2) is 7.86. The number of hydrogen-bond acceptors (Lipinski definition) is 3. The van der Waals surface area contributed by atoms with E-state index in [1.54, 1.807) is 7.11 Å². The zero-order valence-corrected chi connectivity index (χ0v) is 15.0. The van der Waals surface area contributed by atoms with Crippen molar-refractivity contribution in [1.82, 2.24) is 5.32 Å². The number of nitrogens with one attached hydrogen (secondary N) is 1. The summed E-state index contributed by atoms with van der Waals surface area (Å²) in [6.07, 6.45) is 0.